The lowest BCUT2D eigenvalue weighted by Gasteiger charge is -2.35. The van der Waals surface area contributed by atoms with Gasteiger partial charge in [0.2, 0.25) is 0 Å². The van der Waals surface area contributed by atoms with Gasteiger partial charge in [0.05, 0.1) is 18.2 Å². The van der Waals surface area contributed by atoms with Crippen LogP contribution in [0.4, 0.5) is 28.4 Å². The van der Waals surface area contributed by atoms with Gasteiger partial charge in [0.25, 0.3) is 0 Å². The van der Waals surface area contributed by atoms with Crippen LogP contribution in [0.25, 0.3) is 16.0 Å². The van der Waals surface area contributed by atoms with Crippen molar-refractivity contribution in [1.29, 1.82) is 5.26 Å². The summed E-state index contributed by atoms with van der Waals surface area (Å²) in [7, 11) is 0. The number of anilines is 4. The Kier molecular flexibility index (Phi) is 8.53. The maximum atomic E-state index is 12.4. The van der Waals surface area contributed by atoms with Crippen LogP contribution in [0.3, 0.4) is 0 Å². The Morgan fingerprint density at radius 2 is 0.923 bits per heavy atom. The first kappa shape index (κ1) is 34.0. The summed E-state index contributed by atoms with van der Waals surface area (Å²) in [6.45, 7) is 20.0. The molecule has 0 amide bonds. The molecule has 0 fully saturated rings. The average Bonchev–Trinajstić information content (AvgIpc) is 3.40. The van der Waals surface area contributed by atoms with Crippen molar-refractivity contribution in [3.63, 3.8) is 0 Å². The Hall–Kier alpha value is -6.43. The SMILES string of the molecule is CC1(C)c2ccccc2Nc2ccccc21.CC1(C)c2ccccc2Nc2ccccc21.[C-]#[N+]c1cc2c(cc1C)-c1cc(C)c(C#N)cc1C2=O. The molecular weight excluding hydrogens is 637 g/mol. The zero-order chi connectivity index (χ0) is 36.8. The second-order valence-electron chi connectivity index (χ2n) is 14.6. The van der Waals surface area contributed by atoms with Gasteiger partial charge in [-0.25, -0.2) is 4.85 Å². The van der Waals surface area contributed by atoms with E-state index in [2.05, 4.69) is 146 Å². The van der Waals surface area contributed by atoms with E-state index >= 15 is 0 Å². The van der Waals surface area contributed by atoms with Crippen LogP contribution in [0, 0.1) is 31.8 Å². The van der Waals surface area contributed by atoms with E-state index in [9.17, 15) is 4.79 Å². The van der Waals surface area contributed by atoms with Crippen LogP contribution in [-0.2, 0) is 10.8 Å². The van der Waals surface area contributed by atoms with E-state index in [1.807, 2.05) is 26.0 Å². The molecule has 0 radical (unpaired) electrons. The third-order valence-electron chi connectivity index (χ3n) is 10.7. The van der Waals surface area contributed by atoms with Gasteiger partial charge in [-0.15, -0.1) is 0 Å². The molecular formula is C47H40N4O. The molecule has 0 atom stereocenters. The highest BCUT2D eigenvalue weighted by Crippen LogP contribution is 2.46. The normalized spacial score (nSPS) is 14.2. The number of aryl methyl sites for hydroxylation is 2. The maximum Gasteiger partial charge on any atom is 0.193 e. The molecule has 9 rings (SSSR count). The lowest BCUT2D eigenvalue weighted by molar-refractivity contribution is 0.104. The highest BCUT2D eigenvalue weighted by molar-refractivity contribution is 6.22. The van der Waals surface area contributed by atoms with Crippen molar-refractivity contribution >= 4 is 34.2 Å². The first-order valence-electron chi connectivity index (χ1n) is 17.5. The maximum absolute atomic E-state index is 12.4. The Morgan fingerprint density at radius 1 is 0.558 bits per heavy atom. The Bertz CT molecular complexity index is 2220. The molecule has 2 heterocycles. The lowest BCUT2D eigenvalue weighted by atomic mass is 9.74. The van der Waals surface area contributed by atoms with Gasteiger partial charge in [0.1, 0.15) is 0 Å². The van der Waals surface area contributed by atoms with Gasteiger partial charge in [0, 0.05) is 44.7 Å². The van der Waals surface area contributed by atoms with Gasteiger partial charge in [-0.3, -0.25) is 4.79 Å². The number of para-hydroxylation sites is 4. The molecule has 0 saturated heterocycles. The summed E-state index contributed by atoms with van der Waals surface area (Å²) < 4.78 is 0. The van der Waals surface area contributed by atoms with Crippen molar-refractivity contribution in [1.82, 2.24) is 0 Å². The van der Waals surface area contributed by atoms with E-state index in [1.54, 1.807) is 12.1 Å². The van der Waals surface area contributed by atoms with E-state index in [0.717, 1.165) is 22.3 Å². The second kappa shape index (κ2) is 13.0. The molecule has 0 saturated carbocycles. The van der Waals surface area contributed by atoms with Gasteiger partial charge in [-0.1, -0.05) is 107 Å². The Balaban J connectivity index is 0.000000122. The van der Waals surface area contributed by atoms with Gasteiger partial charge in [0.15, 0.2) is 11.5 Å². The minimum atomic E-state index is -0.101. The first-order chi connectivity index (χ1) is 24.9. The Labute approximate surface area is 306 Å². The van der Waals surface area contributed by atoms with Gasteiger partial charge in [-0.05, 0) is 101 Å². The number of benzene rings is 6. The summed E-state index contributed by atoms with van der Waals surface area (Å²) in [4.78, 5) is 15.9. The fourth-order valence-corrected chi connectivity index (χ4v) is 7.74. The van der Waals surface area contributed by atoms with Crippen molar-refractivity contribution in [2.75, 3.05) is 10.6 Å². The van der Waals surface area contributed by atoms with E-state index in [4.69, 9.17) is 11.8 Å². The average molecular weight is 677 g/mol. The van der Waals surface area contributed by atoms with E-state index in [1.165, 1.54) is 45.0 Å². The predicted octanol–water partition coefficient (Wildman–Crippen LogP) is 12.1. The van der Waals surface area contributed by atoms with Crippen LogP contribution in [0.5, 0.6) is 0 Å². The fraction of sp³-hybridized carbons (Fsp3) is 0.170. The molecule has 1 aliphatic carbocycles. The van der Waals surface area contributed by atoms with E-state index in [-0.39, 0.29) is 16.6 Å². The molecule has 5 heteroatoms. The standard InChI is InChI=1S/C17H10N2O.2C15H15N/c1-9-4-12-13-5-10(2)16(19-3)7-15(13)17(20)14(12)6-11(9)8-18;2*1-15(2)11-7-3-5-9-13(11)16-14-10-6-4-8-12(14)15/h4-7H,1-2H3;2*3-10,16H,1-2H3. The third-order valence-corrected chi connectivity index (χ3v) is 10.7. The highest BCUT2D eigenvalue weighted by Gasteiger charge is 2.33. The summed E-state index contributed by atoms with van der Waals surface area (Å²) >= 11 is 0. The van der Waals surface area contributed by atoms with Crippen molar-refractivity contribution in [2.45, 2.75) is 52.4 Å². The Morgan fingerprint density at radius 3 is 1.31 bits per heavy atom. The zero-order valence-corrected chi connectivity index (χ0v) is 30.3. The summed E-state index contributed by atoms with van der Waals surface area (Å²) in [6.07, 6.45) is 0. The van der Waals surface area contributed by atoms with Crippen LogP contribution in [0.15, 0.2) is 121 Å². The molecule has 0 unspecified atom stereocenters. The van der Waals surface area contributed by atoms with Crippen molar-refractivity contribution in [3.8, 4) is 17.2 Å². The molecule has 52 heavy (non-hydrogen) atoms. The summed E-state index contributed by atoms with van der Waals surface area (Å²) in [5.41, 5.74) is 16.1. The summed E-state index contributed by atoms with van der Waals surface area (Å²) in [5.74, 6) is -0.101. The quantitative estimate of drug-likeness (QED) is 0.157. The van der Waals surface area contributed by atoms with Crippen molar-refractivity contribution < 1.29 is 4.79 Å². The zero-order valence-electron chi connectivity index (χ0n) is 30.3. The van der Waals surface area contributed by atoms with Gasteiger partial charge in [-0.2, -0.15) is 5.26 Å². The number of nitriles is 1. The summed E-state index contributed by atoms with van der Waals surface area (Å²) in [5, 5.41) is 16.1. The van der Waals surface area contributed by atoms with Crippen LogP contribution < -0.4 is 10.6 Å². The predicted molar refractivity (Wildman–Crippen MR) is 212 cm³/mol. The smallest absolute Gasteiger partial charge is 0.193 e. The number of hydrogen-bond donors (Lipinski definition) is 2. The highest BCUT2D eigenvalue weighted by atomic mass is 16.1. The van der Waals surface area contributed by atoms with Crippen LogP contribution >= 0.6 is 0 Å². The molecule has 6 aromatic rings. The monoisotopic (exact) mass is 676 g/mol. The molecule has 2 N–H and O–H groups in total. The van der Waals surface area contributed by atoms with Crippen LogP contribution in [0.2, 0.25) is 0 Å². The second-order valence-corrected chi connectivity index (χ2v) is 14.6. The molecule has 5 nitrogen and oxygen atoms in total. The number of rotatable bonds is 0. The molecule has 0 spiro atoms. The van der Waals surface area contributed by atoms with Crippen molar-refractivity contribution in [3.05, 3.63) is 183 Å². The minimum absolute atomic E-state index is 0.0818. The molecule has 0 aromatic heterocycles. The number of carbonyl (C=O) groups is 1. The largest absolute Gasteiger partial charge is 0.355 e. The molecule has 0 bridgehead atoms. The van der Waals surface area contributed by atoms with Gasteiger partial charge >= 0.3 is 0 Å². The number of carbonyl (C=O) groups excluding carboxylic acids is 1. The lowest BCUT2D eigenvalue weighted by Crippen LogP contribution is -2.25. The van der Waals surface area contributed by atoms with E-state index in [0.29, 0.717) is 22.4 Å². The minimum Gasteiger partial charge on any atom is -0.355 e. The third kappa shape index (κ3) is 5.71. The van der Waals surface area contributed by atoms with Crippen LogP contribution in [0.1, 0.15) is 82.6 Å². The molecule has 6 aromatic carbocycles. The number of ketones is 1. The number of fused-ring (bicyclic) bond motifs is 7. The molecule has 2 aliphatic heterocycles. The summed E-state index contributed by atoms with van der Waals surface area (Å²) in [6, 6.07) is 43.3. The van der Waals surface area contributed by atoms with E-state index < -0.39 is 0 Å². The first-order valence-corrected chi connectivity index (χ1v) is 17.5. The van der Waals surface area contributed by atoms with Gasteiger partial charge < -0.3 is 10.6 Å². The van der Waals surface area contributed by atoms with Crippen LogP contribution in [-0.4, -0.2) is 5.78 Å². The topological polar surface area (TPSA) is 69.3 Å². The number of hydrogen-bond acceptors (Lipinski definition) is 4. The molecule has 254 valence electrons. The number of nitrogens with zero attached hydrogens (tertiary/aromatic N) is 2. The van der Waals surface area contributed by atoms with Crippen molar-refractivity contribution in [2.24, 2.45) is 0 Å². The number of nitrogens with one attached hydrogen (secondary N) is 2. The fourth-order valence-electron chi connectivity index (χ4n) is 7.74. The molecule has 3 aliphatic rings.